The average molecular weight is 196 g/mol. The minimum atomic E-state index is 0.0675. The molecule has 0 atom stereocenters. The van der Waals surface area contributed by atoms with E-state index in [1.165, 1.54) is 6.07 Å². The molecular formula is C10H10ClNO. The normalized spacial score (nSPS) is 9.08. The van der Waals surface area contributed by atoms with E-state index < -0.39 is 0 Å². The van der Waals surface area contributed by atoms with E-state index in [4.69, 9.17) is 11.6 Å². The van der Waals surface area contributed by atoms with Crippen LogP contribution in [0.1, 0.15) is 5.56 Å². The summed E-state index contributed by atoms with van der Waals surface area (Å²) in [4.78, 5) is 0. The van der Waals surface area contributed by atoms with Gasteiger partial charge in [-0.2, -0.15) is 0 Å². The first kappa shape index (κ1) is 9.91. The van der Waals surface area contributed by atoms with Crippen molar-refractivity contribution >= 4 is 11.6 Å². The zero-order chi connectivity index (χ0) is 9.68. The smallest absolute Gasteiger partial charge is 0.135 e. The van der Waals surface area contributed by atoms with Gasteiger partial charge in [-0.3, -0.25) is 0 Å². The van der Waals surface area contributed by atoms with E-state index in [2.05, 4.69) is 17.2 Å². The highest BCUT2D eigenvalue weighted by Gasteiger charge is 2.00. The Balaban J connectivity index is 2.91. The maximum absolute atomic E-state index is 9.24. The number of nitrogens with one attached hydrogen (secondary N) is 1. The van der Waals surface area contributed by atoms with Crippen LogP contribution in [0.15, 0.2) is 18.2 Å². The summed E-state index contributed by atoms with van der Waals surface area (Å²) in [5, 5.41) is 12.4. The van der Waals surface area contributed by atoms with Crippen LogP contribution in [-0.2, 0) is 0 Å². The summed E-state index contributed by atoms with van der Waals surface area (Å²) in [6.45, 7) is 0.603. The van der Waals surface area contributed by atoms with Crippen LogP contribution in [0.5, 0.6) is 5.75 Å². The quantitative estimate of drug-likeness (QED) is 0.668. The Morgan fingerprint density at radius 1 is 1.54 bits per heavy atom. The van der Waals surface area contributed by atoms with Gasteiger partial charge in [0.15, 0.2) is 0 Å². The Labute approximate surface area is 82.5 Å². The van der Waals surface area contributed by atoms with Crippen molar-refractivity contribution in [3.05, 3.63) is 28.8 Å². The third-order valence-corrected chi connectivity index (χ3v) is 1.86. The number of hydrogen-bond donors (Lipinski definition) is 2. The molecule has 2 N–H and O–H groups in total. The van der Waals surface area contributed by atoms with E-state index in [0.717, 1.165) is 0 Å². The van der Waals surface area contributed by atoms with Gasteiger partial charge >= 0.3 is 0 Å². The van der Waals surface area contributed by atoms with Crippen molar-refractivity contribution in [3.8, 4) is 17.6 Å². The molecule has 3 heteroatoms. The van der Waals surface area contributed by atoms with E-state index >= 15 is 0 Å². The number of phenolic OH excluding ortho intramolecular Hbond substituents is 1. The van der Waals surface area contributed by atoms with Crippen molar-refractivity contribution < 1.29 is 5.11 Å². The summed E-state index contributed by atoms with van der Waals surface area (Å²) in [6, 6.07) is 5.01. The second kappa shape index (κ2) is 4.76. The van der Waals surface area contributed by atoms with Gasteiger partial charge in [0.05, 0.1) is 11.6 Å². The Morgan fingerprint density at radius 2 is 2.31 bits per heavy atom. The van der Waals surface area contributed by atoms with E-state index in [1.54, 1.807) is 12.1 Å². The standard InChI is InChI=1S/C10H10ClNO/c1-12-7-3-5-8-4-2-6-9(13)10(8)11/h2,4,6,12-13H,7H2,1H3. The molecule has 68 valence electrons. The van der Waals surface area contributed by atoms with Crippen LogP contribution in [-0.4, -0.2) is 18.7 Å². The summed E-state index contributed by atoms with van der Waals surface area (Å²) < 4.78 is 0. The summed E-state index contributed by atoms with van der Waals surface area (Å²) in [6.07, 6.45) is 0. The van der Waals surface area contributed by atoms with Crippen molar-refractivity contribution in [2.45, 2.75) is 0 Å². The first-order chi connectivity index (χ1) is 6.25. The molecule has 13 heavy (non-hydrogen) atoms. The molecule has 0 unspecified atom stereocenters. The molecule has 0 aromatic heterocycles. The summed E-state index contributed by atoms with van der Waals surface area (Å²) in [5.74, 6) is 5.78. The monoisotopic (exact) mass is 195 g/mol. The molecule has 1 aromatic rings. The molecule has 0 fully saturated rings. The number of aromatic hydroxyl groups is 1. The van der Waals surface area contributed by atoms with Gasteiger partial charge in [-0.25, -0.2) is 0 Å². The Hall–Kier alpha value is -1.17. The van der Waals surface area contributed by atoms with Crippen molar-refractivity contribution in [1.29, 1.82) is 0 Å². The fourth-order valence-corrected chi connectivity index (χ4v) is 1.02. The van der Waals surface area contributed by atoms with Crippen molar-refractivity contribution in [2.24, 2.45) is 0 Å². The van der Waals surface area contributed by atoms with E-state index in [-0.39, 0.29) is 5.75 Å². The van der Waals surface area contributed by atoms with Crippen molar-refractivity contribution in [3.63, 3.8) is 0 Å². The van der Waals surface area contributed by atoms with E-state index in [0.29, 0.717) is 17.1 Å². The lowest BCUT2D eigenvalue weighted by atomic mass is 10.2. The molecule has 1 aromatic carbocycles. The van der Waals surface area contributed by atoms with Crippen LogP contribution < -0.4 is 5.32 Å². The predicted molar refractivity (Wildman–Crippen MR) is 53.9 cm³/mol. The Bertz CT molecular complexity index is 352. The number of phenols is 1. The SMILES string of the molecule is CNCC#Cc1cccc(O)c1Cl. The highest BCUT2D eigenvalue weighted by Crippen LogP contribution is 2.25. The largest absolute Gasteiger partial charge is 0.506 e. The number of benzene rings is 1. The first-order valence-electron chi connectivity index (χ1n) is 3.86. The molecule has 0 aliphatic carbocycles. The molecule has 0 saturated carbocycles. The summed E-state index contributed by atoms with van der Waals surface area (Å²) in [5.41, 5.74) is 0.650. The molecule has 0 amide bonds. The second-order valence-electron chi connectivity index (χ2n) is 2.47. The maximum atomic E-state index is 9.24. The van der Waals surface area contributed by atoms with Gasteiger partial charge in [0.25, 0.3) is 0 Å². The van der Waals surface area contributed by atoms with Gasteiger partial charge in [0.1, 0.15) is 5.75 Å². The van der Waals surface area contributed by atoms with Crippen LogP contribution in [0, 0.1) is 11.8 Å². The topological polar surface area (TPSA) is 32.3 Å². The highest BCUT2D eigenvalue weighted by molar-refractivity contribution is 6.33. The average Bonchev–Trinajstić information content (AvgIpc) is 2.13. The Kier molecular flexibility index (Phi) is 3.63. The molecule has 0 bridgehead atoms. The molecular weight excluding hydrogens is 186 g/mol. The van der Waals surface area contributed by atoms with Gasteiger partial charge in [-0.15, -0.1) is 0 Å². The summed E-state index contributed by atoms with van der Waals surface area (Å²) >= 11 is 5.80. The lowest BCUT2D eigenvalue weighted by Crippen LogP contribution is -2.04. The highest BCUT2D eigenvalue weighted by atomic mass is 35.5. The lowest BCUT2D eigenvalue weighted by Gasteiger charge is -1.97. The van der Waals surface area contributed by atoms with Gasteiger partial charge in [0, 0.05) is 5.56 Å². The van der Waals surface area contributed by atoms with Crippen LogP contribution in [0.25, 0.3) is 0 Å². The number of halogens is 1. The molecule has 0 radical (unpaired) electrons. The number of hydrogen-bond acceptors (Lipinski definition) is 2. The third kappa shape index (κ3) is 2.66. The van der Waals surface area contributed by atoms with Crippen molar-refractivity contribution in [1.82, 2.24) is 5.32 Å². The Morgan fingerprint density at radius 3 is 3.00 bits per heavy atom. The molecule has 0 heterocycles. The molecule has 0 aliphatic rings. The second-order valence-corrected chi connectivity index (χ2v) is 2.85. The van der Waals surface area contributed by atoms with Crippen LogP contribution in [0.2, 0.25) is 5.02 Å². The lowest BCUT2D eigenvalue weighted by molar-refractivity contribution is 0.475. The van der Waals surface area contributed by atoms with Gasteiger partial charge in [0.2, 0.25) is 0 Å². The first-order valence-corrected chi connectivity index (χ1v) is 4.24. The van der Waals surface area contributed by atoms with E-state index in [9.17, 15) is 5.11 Å². The van der Waals surface area contributed by atoms with E-state index in [1.807, 2.05) is 7.05 Å². The van der Waals surface area contributed by atoms with Gasteiger partial charge < -0.3 is 10.4 Å². The molecule has 0 saturated heterocycles. The predicted octanol–water partition coefficient (Wildman–Crippen LogP) is 1.62. The minimum Gasteiger partial charge on any atom is -0.506 e. The fraction of sp³-hybridized carbons (Fsp3) is 0.200. The zero-order valence-corrected chi connectivity index (χ0v) is 8.02. The molecule has 0 aliphatic heterocycles. The van der Waals surface area contributed by atoms with Gasteiger partial charge in [-0.1, -0.05) is 29.5 Å². The molecule has 2 nitrogen and oxygen atoms in total. The van der Waals surface area contributed by atoms with Crippen LogP contribution >= 0.6 is 11.6 Å². The summed E-state index contributed by atoms with van der Waals surface area (Å²) in [7, 11) is 1.82. The number of rotatable bonds is 1. The fourth-order valence-electron chi connectivity index (χ4n) is 0.844. The maximum Gasteiger partial charge on any atom is 0.135 e. The molecule has 0 spiro atoms. The zero-order valence-electron chi connectivity index (χ0n) is 7.26. The minimum absolute atomic E-state index is 0.0675. The molecule has 1 rings (SSSR count). The third-order valence-electron chi connectivity index (χ3n) is 1.47. The van der Waals surface area contributed by atoms with Crippen molar-refractivity contribution in [2.75, 3.05) is 13.6 Å². The van der Waals surface area contributed by atoms with Gasteiger partial charge in [-0.05, 0) is 19.2 Å². The van der Waals surface area contributed by atoms with Crippen LogP contribution in [0.4, 0.5) is 0 Å². The van der Waals surface area contributed by atoms with Crippen LogP contribution in [0.3, 0.4) is 0 Å².